The molecule has 0 unspecified atom stereocenters. The average molecular weight is 533 g/mol. The Hall–Kier alpha value is -0.900. The zero-order valence-corrected chi connectivity index (χ0v) is 21.0. The molecule has 1 saturated heterocycles. The van der Waals surface area contributed by atoms with Crippen LogP contribution in [0.3, 0.4) is 0 Å². The zero-order valence-electron chi connectivity index (χ0n) is 18.7. The van der Waals surface area contributed by atoms with E-state index in [1.807, 2.05) is 6.07 Å². The normalized spacial score (nSPS) is 15.1. The maximum atomic E-state index is 5.96. The Morgan fingerprint density at radius 3 is 2.53 bits per heavy atom. The van der Waals surface area contributed by atoms with Gasteiger partial charge in [-0.15, -0.1) is 24.0 Å². The molecular weight excluding hydrogens is 493 g/mol. The highest BCUT2D eigenvalue weighted by molar-refractivity contribution is 14.0. The highest BCUT2D eigenvalue weighted by atomic mass is 127. The van der Waals surface area contributed by atoms with Crippen molar-refractivity contribution in [3.63, 3.8) is 0 Å². The molecule has 0 atom stereocenters. The molecule has 0 amide bonds. The minimum absolute atomic E-state index is 0. The first-order valence-corrected chi connectivity index (χ1v) is 11.1. The largest absolute Gasteiger partial charge is 0.385 e. The van der Waals surface area contributed by atoms with E-state index < -0.39 is 0 Å². The first kappa shape index (κ1) is 27.1. The van der Waals surface area contributed by atoms with Gasteiger partial charge in [0.25, 0.3) is 0 Å². The molecule has 0 aromatic heterocycles. The molecule has 6 nitrogen and oxygen atoms in total. The van der Waals surface area contributed by atoms with Crippen molar-refractivity contribution >= 4 is 29.9 Å². The van der Waals surface area contributed by atoms with Gasteiger partial charge in [-0.3, -0.25) is 4.99 Å². The van der Waals surface area contributed by atoms with E-state index >= 15 is 0 Å². The molecule has 30 heavy (non-hydrogen) atoms. The number of methoxy groups -OCH3 is 1. The highest BCUT2D eigenvalue weighted by Crippen LogP contribution is 2.14. The van der Waals surface area contributed by atoms with Crippen molar-refractivity contribution in [1.82, 2.24) is 10.2 Å². The van der Waals surface area contributed by atoms with Crippen molar-refractivity contribution in [3.05, 3.63) is 35.9 Å². The predicted molar refractivity (Wildman–Crippen MR) is 134 cm³/mol. The summed E-state index contributed by atoms with van der Waals surface area (Å²) in [4.78, 5) is 7.15. The molecule has 1 aromatic rings. The number of nitrogens with zero attached hydrogens (tertiary/aromatic N) is 2. The predicted octanol–water partition coefficient (Wildman–Crippen LogP) is 3.74. The lowest BCUT2D eigenvalue weighted by molar-refractivity contribution is 0.00990. The fraction of sp³-hybridized carbons (Fsp3) is 0.696. The van der Waals surface area contributed by atoms with E-state index in [2.05, 4.69) is 41.4 Å². The first-order valence-electron chi connectivity index (χ1n) is 11.1. The summed E-state index contributed by atoms with van der Waals surface area (Å²) < 4.78 is 16.8. The van der Waals surface area contributed by atoms with Gasteiger partial charge in [-0.05, 0) is 44.6 Å². The van der Waals surface area contributed by atoms with E-state index in [4.69, 9.17) is 19.2 Å². The van der Waals surface area contributed by atoms with Gasteiger partial charge in [0, 0.05) is 53.1 Å². The summed E-state index contributed by atoms with van der Waals surface area (Å²) >= 11 is 0. The summed E-state index contributed by atoms with van der Waals surface area (Å²) in [5.74, 6) is 1.02. The SMILES string of the molecule is CCNC(=NCCCOCCc1ccccc1)N1CCC(OCCCOC)CC1.I. The maximum Gasteiger partial charge on any atom is 0.193 e. The van der Waals surface area contributed by atoms with Crippen LogP contribution in [0.2, 0.25) is 0 Å². The molecule has 1 aromatic carbocycles. The summed E-state index contributed by atoms with van der Waals surface area (Å²) in [5.41, 5.74) is 1.33. The van der Waals surface area contributed by atoms with Gasteiger partial charge >= 0.3 is 0 Å². The molecule has 1 heterocycles. The molecule has 7 heteroatoms. The molecule has 1 N–H and O–H groups in total. The lowest BCUT2D eigenvalue weighted by Crippen LogP contribution is -2.47. The van der Waals surface area contributed by atoms with E-state index in [-0.39, 0.29) is 24.0 Å². The second kappa shape index (κ2) is 17.7. The second-order valence-corrected chi connectivity index (χ2v) is 7.34. The fourth-order valence-electron chi connectivity index (χ4n) is 3.40. The number of nitrogens with one attached hydrogen (secondary N) is 1. The van der Waals surface area contributed by atoms with Crippen molar-refractivity contribution in [2.75, 3.05) is 59.7 Å². The monoisotopic (exact) mass is 533 g/mol. The van der Waals surface area contributed by atoms with Crippen molar-refractivity contribution in [1.29, 1.82) is 0 Å². The van der Waals surface area contributed by atoms with Gasteiger partial charge < -0.3 is 24.4 Å². The van der Waals surface area contributed by atoms with E-state index in [0.717, 1.165) is 90.7 Å². The Labute approximate surface area is 199 Å². The lowest BCUT2D eigenvalue weighted by atomic mass is 10.1. The van der Waals surface area contributed by atoms with Crippen LogP contribution in [-0.2, 0) is 20.6 Å². The van der Waals surface area contributed by atoms with Gasteiger partial charge in [0.05, 0.1) is 12.7 Å². The Kier molecular flexibility index (Phi) is 16.1. The zero-order chi connectivity index (χ0) is 20.6. The second-order valence-electron chi connectivity index (χ2n) is 7.34. The molecule has 1 aliphatic heterocycles. The fourth-order valence-corrected chi connectivity index (χ4v) is 3.40. The number of halogens is 1. The molecule has 2 rings (SSSR count). The van der Waals surface area contributed by atoms with Gasteiger partial charge in [0.1, 0.15) is 0 Å². The van der Waals surface area contributed by atoms with Crippen LogP contribution in [0.5, 0.6) is 0 Å². The Balaban J connectivity index is 0.00000450. The molecule has 0 saturated carbocycles. The molecule has 0 bridgehead atoms. The number of piperidine rings is 1. The van der Waals surface area contributed by atoms with E-state index in [0.29, 0.717) is 6.10 Å². The summed E-state index contributed by atoms with van der Waals surface area (Å²) in [6.07, 6.45) is 5.36. The number of likely N-dealkylation sites (tertiary alicyclic amines) is 1. The Morgan fingerprint density at radius 2 is 1.83 bits per heavy atom. The minimum Gasteiger partial charge on any atom is -0.385 e. The van der Waals surface area contributed by atoms with Crippen LogP contribution in [0.15, 0.2) is 35.3 Å². The molecule has 0 aliphatic carbocycles. The van der Waals surface area contributed by atoms with E-state index in [9.17, 15) is 0 Å². The number of aliphatic imine (C=N–C) groups is 1. The number of hydrogen-bond donors (Lipinski definition) is 1. The molecule has 0 spiro atoms. The standard InChI is InChI=1S/C23H39N3O3.HI/c1-3-24-23(26-15-11-22(12-16-26)29-19-8-17-27-2)25-14-7-18-28-20-13-21-9-5-4-6-10-21;/h4-6,9-10,22H,3,7-8,11-20H2,1-2H3,(H,24,25);1H. The third-order valence-electron chi connectivity index (χ3n) is 5.01. The minimum atomic E-state index is 0. The summed E-state index contributed by atoms with van der Waals surface area (Å²) in [5, 5.41) is 3.43. The van der Waals surface area contributed by atoms with Crippen LogP contribution >= 0.6 is 24.0 Å². The van der Waals surface area contributed by atoms with Crippen molar-refractivity contribution < 1.29 is 14.2 Å². The summed E-state index contributed by atoms with van der Waals surface area (Å²) in [7, 11) is 1.73. The smallest absolute Gasteiger partial charge is 0.193 e. The average Bonchev–Trinajstić information content (AvgIpc) is 2.76. The number of rotatable bonds is 13. The van der Waals surface area contributed by atoms with Gasteiger partial charge in [-0.2, -0.15) is 0 Å². The topological polar surface area (TPSA) is 55.3 Å². The quantitative estimate of drug-likeness (QED) is 0.181. The maximum absolute atomic E-state index is 5.96. The Morgan fingerprint density at radius 1 is 1.07 bits per heavy atom. The number of ether oxygens (including phenoxy) is 3. The highest BCUT2D eigenvalue weighted by Gasteiger charge is 2.21. The summed E-state index contributed by atoms with van der Waals surface area (Å²) in [6, 6.07) is 10.5. The van der Waals surface area contributed by atoms with Crippen LogP contribution in [-0.4, -0.2) is 76.7 Å². The number of hydrogen-bond acceptors (Lipinski definition) is 4. The van der Waals surface area contributed by atoms with E-state index in [1.165, 1.54) is 5.56 Å². The van der Waals surface area contributed by atoms with Gasteiger partial charge in [-0.25, -0.2) is 0 Å². The number of benzene rings is 1. The Bertz CT molecular complexity index is 552. The van der Waals surface area contributed by atoms with Gasteiger partial charge in [-0.1, -0.05) is 30.3 Å². The third-order valence-corrected chi connectivity index (χ3v) is 5.01. The number of guanidine groups is 1. The lowest BCUT2D eigenvalue weighted by Gasteiger charge is -2.34. The van der Waals surface area contributed by atoms with Crippen LogP contribution in [0.25, 0.3) is 0 Å². The molecule has 172 valence electrons. The molecular formula is C23H40IN3O3. The van der Waals surface area contributed by atoms with Crippen LogP contribution in [0, 0.1) is 0 Å². The molecule has 1 fully saturated rings. The van der Waals surface area contributed by atoms with Crippen molar-refractivity contribution in [2.45, 2.75) is 45.1 Å². The molecule has 0 radical (unpaired) electrons. The van der Waals surface area contributed by atoms with Crippen molar-refractivity contribution in [2.24, 2.45) is 4.99 Å². The van der Waals surface area contributed by atoms with E-state index in [1.54, 1.807) is 7.11 Å². The first-order chi connectivity index (χ1) is 14.3. The summed E-state index contributed by atoms with van der Waals surface area (Å²) in [6.45, 7) is 8.87. The molecule has 1 aliphatic rings. The van der Waals surface area contributed by atoms with Crippen molar-refractivity contribution in [3.8, 4) is 0 Å². The third kappa shape index (κ3) is 11.5. The van der Waals surface area contributed by atoms with Gasteiger partial charge in [0.15, 0.2) is 5.96 Å². The van der Waals surface area contributed by atoms with Gasteiger partial charge in [0.2, 0.25) is 0 Å². The van der Waals surface area contributed by atoms with Crippen LogP contribution in [0.4, 0.5) is 0 Å². The van der Waals surface area contributed by atoms with Crippen LogP contribution < -0.4 is 5.32 Å². The van der Waals surface area contributed by atoms with Crippen LogP contribution in [0.1, 0.15) is 38.2 Å².